The Morgan fingerprint density at radius 1 is 1.33 bits per heavy atom. The second-order valence-corrected chi connectivity index (χ2v) is 4.96. The number of aliphatic hydroxyl groups excluding tert-OH is 1. The Bertz CT molecular complexity index is 402. The molecule has 1 aromatic carbocycles. The van der Waals surface area contributed by atoms with Crippen LogP contribution in [0.5, 0.6) is 0 Å². The molecule has 1 unspecified atom stereocenters. The normalized spacial score (nSPS) is 19.6. The highest BCUT2D eigenvalue weighted by molar-refractivity contribution is 5.89. The van der Waals surface area contributed by atoms with Crippen molar-refractivity contribution in [1.82, 2.24) is 4.90 Å². The van der Waals surface area contributed by atoms with Gasteiger partial charge in [-0.05, 0) is 17.9 Å². The lowest BCUT2D eigenvalue weighted by molar-refractivity contribution is 0.148. The van der Waals surface area contributed by atoms with Gasteiger partial charge in [-0.1, -0.05) is 44.2 Å². The molecule has 2 rings (SSSR count). The van der Waals surface area contributed by atoms with Crippen molar-refractivity contribution in [1.29, 1.82) is 0 Å². The Morgan fingerprint density at radius 2 is 2.06 bits per heavy atom. The lowest BCUT2D eigenvalue weighted by Gasteiger charge is -2.26. The van der Waals surface area contributed by atoms with Gasteiger partial charge in [-0.25, -0.2) is 0 Å². The van der Waals surface area contributed by atoms with Crippen molar-refractivity contribution < 1.29 is 5.11 Å². The van der Waals surface area contributed by atoms with Crippen LogP contribution in [0.25, 0.3) is 0 Å². The molecule has 0 amide bonds. The van der Waals surface area contributed by atoms with Crippen molar-refractivity contribution in [2.75, 3.05) is 19.8 Å². The van der Waals surface area contributed by atoms with E-state index in [1.807, 2.05) is 18.2 Å². The lowest BCUT2D eigenvalue weighted by atomic mass is 10.0. The van der Waals surface area contributed by atoms with Gasteiger partial charge < -0.3 is 5.11 Å². The van der Waals surface area contributed by atoms with Gasteiger partial charge in [0, 0.05) is 12.3 Å². The van der Waals surface area contributed by atoms with E-state index in [4.69, 9.17) is 0 Å². The first kappa shape index (κ1) is 13.2. The van der Waals surface area contributed by atoms with E-state index in [0.29, 0.717) is 12.6 Å². The van der Waals surface area contributed by atoms with Gasteiger partial charge >= 0.3 is 0 Å². The number of hydrogen-bond donors (Lipinski definition) is 1. The molecule has 1 heterocycles. The second kappa shape index (κ2) is 6.12. The minimum Gasteiger partial charge on any atom is -0.394 e. The van der Waals surface area contributed by atoms with Crippen LogP contribution >= 0.6 is 0 Å². The van der Waals surface area contributed by atoms with Crippen molar-refractivity contribution >= 4 is 5.71 Å². The summed E-state index contributed by atoms with van der Waals surface area (Å²) in [6.07, 6.45) is 1.13. The average Bonchev–Trinajstić information content (AvgIpc) is 2.89. The summed E-state index contributed by atoms with van der Waals surface area (Å²) in [6, 6.07) is 10.2. The summed E-state index contributed by atoms with van der Waals surface area (Å²) in [6.45, 7) is 6.15. The molecule has 98 valence electrons. The molecule has 1 aliphatic heterocycles. The predicted octanol–water partition coefficient (Wildman–Crippen LogP) is 2.48. The molecule has 18 heavy (non-hydrogen) atoms. The van der Waals surface area contributed by atoms with E-state index in [-0.39, 0.29) is 12.6 Å². The molecule has 0 saturated heterocycles. The smallest absolute Gasteiger partial charge is 0.0918 e. The fraction of sp³-hybridized carbons (Fsp3) is 0.533. The minimum absolute atomic E-state index is 0.0662. The Morgan fingerprint density at radius 3 is 2.67 bits per heavy atom. The van der Waals surface area contributed by atoms with E-state index in [0.717, 1.165) is 13.0 Å². The van der Waals surface area contributed by atoms with Crippen molar-refractivity contribution in [3.05, 3.63) is 35.9 Å². The topological polar surface area (TPSA) is 35.8 Å². The zero-order valence-corrected chi connectivity index (χ0v) is 11.2. The summed E-state index contributed by atoms with van der Waals surface area (Å²) in [7, 11) is 0. The molecule has 1 N–H and O–H groups in total. The zero-order chi connectivity index (χ0) is 13.0. The fourth-order valence-electron chi connectivity index (χ4n) is 2.35. The van der Waals surface area contributed by atoms with Crippen LogP contribution in [0.3, 0.4) is 0 Å². The van der Waals surface area contributed by atoms with Gasteiger partial charge in [0.2, 0.25) is 0 Å². The molecule has 2 atom stereocenters. The molecular weight excluding hydrogens is 224 g/mol. The Kier molecular flexibility index (Phi) is 4.50. The fourth-order valence-corrected chi connectivity index (χ4v) is 2.35. The maximum atomic E-state index is 9.63. The van der Waals surface area contributed by atoms with Gasteiger partial charge in [-0.3, -0.25) is 9.89 Å². The standard InChI is InChI=1S/C15H22N2O/c1-3-12(2)14-9-17(11-16-14)15(10-18)13-7-5-4-6-8-13/h4-8,12,15,18H,3,9-11H2,1-2H3/t12?,15-/m0/s1. The lowest BCUT2D eigenvalue weighted by Crippen LogP contribution is -2.32. The van der Waals surface area contributed by atoms with E-state index in [1.54, 1.807) is 0 Å². The summed E-state index contributed by atoms with van der Waals surface area (Å²) in [5.41, 5.74) is 2.44. The largest absolute Gasteiger partial charge is 0.394 e. The SMILES string of the molecule is CCC(C)C1=NCN([C@@H](CO)c2ccccc2)C1. The van der Waals surface area contributed by atoms with Crippen LogP contribution < -0.4 is 0 Å². The molecule has 1 aliphatic rings. The van der Waals surface area contributed by atoms with Gasteiger partial charge in [0.15, 0.2) is 0 Å². The van der Waals surface area contributed by atoms with Gasteiger partial charge in [0.1, 0.15) is 0 Å². The summed E-state index contributed by atoms with van der Waals surface area (Å²) in [5, 5.41) is 9.63. The van der Waals surface area contributed by atoms with Crippen LogP contribution in [-0.4, -0.2) is 35.5 Å². The molecule has 0 bridgehead atoms. The van der Waals surface area contributed by atoms with E-state index < -0.39 is 0 Å². The average molecular weight is 246 g/mol. The highest BCUT2D eigenvalue weighted by Gasteiger charge is 2.26. The third kappa shape index (κ3) is 2.79. The van der Waals surface area contributed by atoms with E-state index in [9.17, 15) is 5.11 Å². The summed E-state index contributed by atoms with van der Waals surface area (Å²) >= 11 is 0. The van der Waals surface area contributed by atoms with Crippen LogP contribution in [0.2, 0.25) is 0 Å². The first-order chi connectivity index (χ1) is 8.76. The quantitative estimate of drug-likeness (QED) is 0.866. The summed E-state index contributed by atoms with van der Waals surface area (Å²) < 4.78 is 0. The molecule has 0 aromatic heterocycles. The second-order valence-electron chi connectivity index (χ2n) is 4.96. The van der Waals surface area contributed by atoms with Gasteiger partial charge in [0.25, 0.3) is 0 Å². The maximum absolute atomic E-state index is 9.63. The molecule has 0 aliphatic carbocycles. The third-order valence-electron chi connectivity index (χ3n) is 3.80. The molecule has 3 heteroatoms. The third-order valence-corrected chi connectivity index (χ3v) is 3.80. The zero-order valence-electron chi connectivity index (χ0n) is 11.2. The van der Waals surface area contributed by atoms with Crippen LogP contribution in [0.15, 0.2) is 35.3 Å². The van der Waals surface area contributed by atoms with E-state index in [1.165, 1.54) is 11.3 Å². The first-order valence-corrected chi connectivity index (χ1v) is 6.69. The van der Waals surface area contributed by atoms with E-state index in [2.05, 4.69) is 35.9 Å². The van der Waals surface area contributed by atoms with Gasteiger partial charge in [0.05, 0.1) is 19.3 Å². The Labute approximate surface area is 109 Å². The van der Waals surface area contributed by atoms with Crippen LogP contribution in [-0.2, 0) is 0 Å². The van der Waals surface area contributed by atoms with Crippen molar-refractivity contribution in [2.24, 2.45) is 10.9 Å². The molecule has 0 saturated carbocycles. The Hall–Kier alpha value is -1.19. The monoisotopic (exact) mass is 246 g/mol. The number of hydrogen-bond acceptors (Lipinski definition) is 3. The number of rotatable bonds is 5. The van der Waals surface area contributed by atoms with Crippen LogP contribution in [0, 0.1) is 5.92 Å². The molecule has 3 nitrogen and oxygen atoms in total. The molecule has 0 spiro atoms. The molecule has 1 aromatic rings. The van der Waals surface area contributed by atoms with Crippen molar-refractivity contribution in [3.8, 4) is 0 Å². The van der Waals surface area contributed by atoms with Crippen LogP contribution in [0.1, 0.15) is 31.9 Å². The summed E-state index contributed by atoms with van der Waals surface area (Å²) in [5.74, 6) is 0.546. The maximum Gasteiger partial charge on any atom is 0.0918 e. The van der Waals surface area contributed by atoms with Crippen LogP contribution in [0.4, 0.5) is 0 Å². The number of nitrogens with zero attached hydrogens (tertiary/aromatic N) is 2. The predicted molar refractivity (Wildman–Crippen MR) is 74.7 cm³/mol. The Balaban J connectivity index is 2.05. The van der Waals surface area contributed by atoms with Gasteiger partial charge in [-0.15, -0.1) is 0 Å². The number of aliphatic hydroxyl groups is 1. The van der Waals surface area contributed by atoms with Crippen molar-refractivity contribution in [3.63, 3.8) is 0 Å². The molecular formula is C15H22N2O. The molecule has 0 fully saturated rings. The first-order valence-electron chi connectivity index (χ1n) is 6.69. The van der Waals surface area contributed by atoms with E-state index >= 15 is 0 Å². The highest BCUT2D eigenvalue weighted by Crippen LogP contribution is 2.24. The minimum atomic E-state index is 0.0662. The molecule has 0 radical (unpaired) electrons. The highest BCUT2D eigenvalue weighted by atomic mass is 16.3. The number of benzene rings is 1. The van der Waals surface area contributed by atoms with Gasteiger partial charge in [-0.2, -0.15) is 0 Å². The number of aliphatic imine (C=N–C) groups is 1. The van der Waals surface area contributed by atoms with Crippen molar-refractivity contribution in [2.45, 2.75) is 26.3 Å². The summed E-state index contributed by atoms with van der Waals surface area (Å²) in [4.78, 5) is 6.86.